The first-order chi connectivity index (χ1) is 8.22. The van der Waals surface area contributed by atoms with Crippen LogP contribution in [0.4, 0.5) is 5.00 Å². The zero-order valence-electron chi connectivity index (χ0n) is 9.59. The van der Waals surface area contributed by atoms with Crippen LogP contribution in [0.3, 0.4) is 0 Å². The van der Waals surface area contributed by atoms with Crippen LogP contribution in [0.1, 0.15) is 15.9 Å². The summed E-state index contributed by atoms with van der Waals surface area (Å²) in [7, 11) is 1.78. The normalized spacial score (nSPS) is 10.2. The van der Waals surface area contributed by atoms with Gasteiger partial charge in [-0.25, -0.2) is 0 Å². The van der Waals surface area contributed by atoms with Gasteiger partial charge < -0.3 is 10.6 Å². The molecular weight excluding hydrogens is 232 g/mol. The van der Waals surface area contributed by atoms with Crippen molar-refractivity contribution >= 4 is 22.2 Å². The topological polar surface area (TPSA) is 46.3 Å². The minimum absolute atomic E-state index is 0.00368. The molecule has 1 aromatic heterocycles. The van der Waals surface area contributed by atoms with Crippen LogP contribution in [0.2, 0.25) is 0 Å². The minimum atomic E-state index is -0.00368. The van der Waals surface area contributed by atoms with E-state index in [1.54, 1.807) is 23.3 Å². The molecule has 2 aromatic rings. The highest BCUT2D eigenvalue weighted by atomic mass is 32.1. The van der Waals surface area contributed by atoms with Crippen LogP contribution in [-0.2, 0) is 6.54 Å². The molecule has 4 heteroatoms. The van der Waals surface area contributed by atoms with E-state index in [0.29, 0.717) is 12.1 Å². The smallest absolute Gasteiger partial charge is 0.258 e. The van der Waals surface area contributed by atoms with Gasteiger partial charge in [0.2, 0.25) is 0 Å². The maximum atomic E-state index is 12.1. The Morgan fingerprint density at radius 2 is 2.00 bits per heavy atom. The third kappa shape index (κ3) is 2.54. The number of nitrogens with zero attached hydrogens (tertiary/aromatic N) is 1. The molecule has 0 fully saturated rings. The molecule has 17 heavy (non-hydrogen) atoms. The molecular formula is C13H14N2OS. The van der Waals surface area contributed by atoms with Crippen molar-refractivity contribution in [1.29, 1.82) is 0 Å². The number of hydrogen-bond acceptors (Lipinski definition) is 3. The first-order valence-electron chi connectivity index (χ1n) is 5.33. The second kappa shape index (κ2) is 5.12. The Bertz CT molecular complexity index is 491. The van der Waals surface area contributed by atoms with Gasteiger partial charge in [0, 0.05) is 19.2 Å². The average Bonchev–Trinajstić information content (AvgIpc) is 2.91. The summed E-state index contributed by atoms with van der Waals surface area (Å²) in [6.45, 7) is 0.495. The average molecular weight is 246 g/mol. The summed E-state index contributed by atoms with van der Waals surface area (Å²) in [4.78, 5) is 13.8. The molecule has 0 spiro atoms. The molecule has 1 heterocycles. The molecule has 0 atom stereocenters. The number of benzene rings is 1. The summed E-state index contributed by atoms with van der Waals surface area (Å²) in [6, 6.07) is 11.3. The molecule has 2 N–H and O–H groups in total. The molecule has 1 aromatic carbocycles. The third-order valence-electron chi connectivity index (χ3n) is 2.58. The maximum absolute atomic E-state index is 12.1. The number of hydrogen-bond donors (Lipinski definition) is 1. The van der Waals surface area contributed by atoms with Gasteiger partial charge in [-0.15, -0.1) is 11.3 Å². The third-order valence-corrected chi connectivity index (χ3v) is 3.52. The molecule has 0 saturated carbocycles. The molecule has 0 aliphatic carbocycles. The SMILES string of the molecule is CN(C(=O)c1ccc(CN)cc1)c1cccs1. The zero-order chi connectivity index (χ0) is 12.3. The van der Waals surface area contributed by atoms with E-state index < -0.39 is 0 Å². The van der Waals surface area contributed by atoms with Gasteiger partial charge in [-0.3, -0.25) is 4.79 Å². The highest BCUT2D eigenvalue weighted by molar-refractivity contribution is 7.14. The Balaban J connectivity index is 2.19. The van der Waals surface area contributed by atoms with Crippen molar-refractivity contribution in [1.82, 2.24) is 0 Å². The number of anilines is 1. The number of carbonyl (C=O) groups excluding carboxylic acids is 1. The molecule has 3 nitrogen and oxygen atoms in total. The van der Waals surface area contributed by atoms with Crippen LogP contribution >= 0.6 is 11.3 Å². The van der Waals surface area contributed by atoms with E-state index in [0.717, 1.165) is 10.6 Å². The Hall–Kier alpha value is -1.65. The standard InChI is InChI=1S/C13H14N2OS/c1-15(12-3-2-8-17-12)13(16)11-6-4-10(9-14)5-7-11/h2-8H,9,14H2,1H3. The Morgan fingerprint density at radius 3 is 2.53 bits per heavy atom. The fraction of sp³-hybridized carbons (Fsp3) is 0.154. The lowest BCUT2D eigenvalue weighted by Gasteiger charge is -2.15. The molecule has 0 radical (unpaired) electrons. The molecule has 0 bridgehead atoms. The van der Waals surface area contributed by atoms with Gasteiger partial charge in [0.1, 0.15) is 0 Å². The van der Waals surface area contributed by atoms with E-state index in [4.69, 9.17) is 5.73 Å². The van der Waals surface area contributed by atoms with E-state index in [1.807, 2.05) is 41.8 Å². The van der Waals surface area contributed by atoms with Gasteiger partial charge >= 0.3 is 0 Å². The van der Waals surface area contributed by atoms with Crippen LogP contribution in [0, 0.1) is 0 Å². The molecule has 0 unspecified atom stereocenters. The predicted octanol–water partition coefficient (Wildman–Crippen LogP) is 2.48. The van der Waals surface area contributed by atoms with E-state index in [2.05, 4.69) is 0 Å². The summed E-state index contributed by atoms with van der Waals surface area (Å²) in [5.74, 6) is -0.00368. The molecule has 2 rings (SSSR count). The van der Waals surface area contributed by atoms with Crippen LogP contribution < -0.4 is 10.6 Å². The van der Waals surface area contributed by atoms with Crippen molar-refractivity contribution in [3.05, 3.63) is 52.9 Å². The summed E-state index contributed by atoms with van der Waals surface area (Å²) >= 11 is 1.55. The van der Waals surface area contributed by atoms with E-state index in [-0.39, 0.29) is 5.91 Å². The summed E-state index contributed by atoms with van der Waals surface area (Å²) in [5.41, 5.74) is 7.23. The van der Waals surface area contributed by atoms with E-state index >= 15 is 0 Å². The second-order valence-corrected chi connectivity index (χ2v) is 4.64. The van der Waals surface area contributed by atoms with Gasteiger partial charge in [-0.1, -0.05) is 12.1 Å². The Labute approximate surface area is 104 Å². The Kier molecular flexibility index (Phi) is 3.56. The molecule has 1 amide bonds. The van der Waals surface area contributed by atoms with Crippen LogP contribution in [-0.4, -0.2) is 13.0 Å². The summed E-state index contributed by atoms with van der Waals surface area (Å²) in [5, 5.41) is 2.90. The zero-order valence-corrected chi connectivity index (χ0v) is 10.4. The summed E-state index contributed by atoms with van der Waals surface area (Å²) < 4.78 is 0. The fourth-order valence-corrected chi connectivity index (χ4v) is 2.23. The number of thiophene rings is 1. The highest BCUT2D eigenvalue weighted by Crippen LogP contribution is 2.21. The second-order valence-electron chi connectivity index (χ2n) is 3.72. The lowest BCUT2D eigenvalue weighted by Crippen LogP contribution is -2.25. The van der Waals surface area contributed by atoms with Crippen molar-refractivity contribution in [2.24, 2.45) is 5.73 Å². The minimum Gasteiger partial charge on any atom is -0.326 e. The van der Waals surface area contributed by atoms with Crippen LogP contribution in [0.5, 0.6) is 0 Å². The first-order valence-corrected chi connectivity index (χ1v) is 6.21. The van der Waals surface area contributed by atoms with E-state index in [1.165, 1.54) is 0 Å². The monoisotopic (exact) mass is 246 g/mol. The summed E-state index contributed by atoms with van der Waals surface area (Å²) in [6.07, 6.45) is 0. The Morgan fingerprint density at radius 1 is 1.29 bits per heavy atom. The maximum Gasteiger partial charge on any atom is 0.258 e. The van der Waals surface area contributed by atoms with Crippen molar-refractivity contribution in [3.63, 3.8) is 0 Å². The van der Waals surface area contributed by atoms with Gasteiger partial charge in [0.15, 0.2) is 0 Å². The molecule has 0 aliphatic rings. The van der Waals surface area contributed by atoms with Crippen LogP contribution in [0.25, 0.3) is 0 Å². The van der Waals surface area contributed by atoms with Gasteiger partial charge in [-0.2, -0.15) is 0 Å². The number of carbonyl (C=O) groups is 1. The highest BCUT2D eigenvalue weighted by Gasteiger charge is 2.13. The van der Waals surface area contributed by atoms with Gasteiger partial charge in [0.05, 0.1) is 5.00 Å². The number of rotatable bonds is 3. The van der Waals surface area contributed by atoms with Gasteiger partial charge in [-0.05, 0) is 35.2 Å². The predicted molar refractivity (Wildman–Crippen MR) is 71.4 cm³/mol. The number of nitrogens with two attached hydrogens (primary N) is 1. The van der Waals surface area contributed by atoms with Crippen molar-refractivity contribution in [2.45, 2.75) is 6.54 Å². The van der Waals surface area contributed by atoms with Crippen molar-refractivity contribution in [2.75, 3.05) is 11.9 Å². The van der Waals surface area contributed by atoms with Crippen molar-refractivity contribution in [3.8, 4) is 0 Å². The molecule has 0 aliphatic heterocycles. The van der Waals surface area contributed by atoms with E-state index in [9.17, 15) is 4.79 Å². The molecule has 88 valence electrons. The van der Waals surface area contributed by atoms with Crippen LogP contribution in [0.15, 0.2) is 41.8 Å². The number of amides is 1. The molecule has 0 saturated heterocycles. The largest absolute Gasteiger partial charge is 0.326 e. The quantitative estimate of drug-likeness (QED) is 0.904. The lowest BCUT2D eigenvalue weighted by atomic mass is 10.1. The lowest BCUT2D eigenvalue weighted by molar-refractivity contribution is 0.0993. The van der Waals surface area contributed by atoms with Crippen molar-refractivity contribution < 1.29 is 4.79 Å². The fourth-order valence-electron chi connectivity index (χ4n) is 1.54. The van der Waals surface area contributed by atoms with Gasteiger partial charge in [0.25, 0.3) is 5.91 Å². The first kappa shape index (κ1) is 11.8.